The van der Waals surface area contributed by atoms with Crippen molar-refractivity contribution in [3.05, 3.63) is 65.2 Å². The Balaban J connectivity index is 1.48. The predicted molar refractivity (Wildman–Crippen MR) is 97.1 cm³/mol. The average molecular weight is 369 g/mol. The zero-order chi connectivity index (χ0) is 19.1. The Morgan fingerprint density at radius 2 is 1.93 bits per heavy atom. The van der Waals surface area contributed by atoms with E-state index in [1.807, 2.05) is 0 Å². The van der Waals surface area contributed by atoms with E-state index in [-0.39, 0.29) is 31.2 Å². The van der Waals surface area contributed by atoms with Crippen LogP contribution in [0.1, 0.15) is 0 Å². The molecule has 27 heavy (non-hydrogen) atoms. The SMILES string of the molecule is COc1ccc(OCC(=O)NCCn2nc(-n3cccn3)ccc2=O)cc1. The molecule has 0 spiro atoms. The van der Waals surface area contributed by atoms with Crippen LogP contribution in [0.5, 0.6) is 11.5 Å². The summed E-state index contributed by atoms with van der Waals surface area (Å²) >= 11 is 0. The Hall–Kier alpha value is -3.62. The lowest BCUT2D eigenvalue weighted by molar-refractivity contribution is -0.123. The lowest BCUT2D eigenvalue weighted by atomic mass is 10.3. The number of nitrogens with one attached hydrogen (secondary N) is 1. The molecule has 0 saturated carbocycles. The molecule has 0 aliphatic heterocycles. The van der Waals surface area contributed by atoms with Crippen LogP contribution in [0.3, 0.4) is 0 Å². The van der Waals surface area contributed by atoms with Gasteiger partial charge in [0.1, 0.15) is 11.5 Å². The van der Waals surface area contributed by atoms with Crippen molar-refractivity contribution in [1.82, 2.24) is 24.9 Å². The first-order chi connectivity index (χ1) is 13.2. The number of methoxy groups -OCH3 is 1. The van der Waals surface area contributed by atoms with Gasteiger partial charge >= 0.3 is 0 Å². The van der Waals surface area contributed by atoms with E-state index in [0.717, 1.165) is 0 Å². The third kappa shape index (κ3) is 4.94. The standard InChI is InChI=1S/C18H19N5O4/c1-26-14-3-5-15(6-4-14)27-13-17(24)19-10-12-23-18(25)8-7-16(21-23)22-11-2-9-20-22/h2-9,11H,10,12-13H2,1H3,(H,19,24). The van der Waals surface area contributed by atoms with Gasteiger partial charge in [0.25, 0.3) is 11.5 Å². The third-order valence-corrected chi connectivity index (χ3v) is 3.67. The molecule has 0 atom stereocenters. The molecule has 0 fully saturated rings. The molecule has 1 aromatic carbocycles. The van der Waals surface area contributed by atoms with Crippen LogP contribution >= 0.6 is 0 Å². The lowest BCUT2D eigenvalue weighted by Gasteiger charge is -2.09. The van der Waals surface area contributed by atoms with E-state index in [1.54, 1.807) is 60.6 Å². The van der Waals surface area contributed by atoms with Gasteiger partial charge in [0.05, 0.1) is 13.7 Å². The minimum Gasteiger partial charge on any atom is -0.497 e. The summed E-state index contributed by atoms with van der Waals surface area (Å²) in [5.74, 6) is 1.51. The monoisotopic (exact) mass is 369 g/mol. The summed E-state index contributed by atoms with van der Waals surface area (Å²) in [6, 6.07) is 11.7. The minimum atomic E-state index is -0.290. The van der Waals surface area contributed by atoms with E-state index in [2.05, 4.69) is 15.5 Å². The number of hydrogen-bond donors (Lipinski definition) is 1. The van der Waals surface area contributed by atoms with Crippen LogP contribution in [0, 0.1) is 0 Å². The van der Waals surface area contributed by atoms with Crippen LogP contribution in [0.15, 0.2) is 59.7 Å². The van der Waals surface area contributed by atoms with Crippen molar-refractivity contribution in [1.29, 1.82) is 0 Å². The fourth-order valence-corrected chi connectivity index (χ4v) is 2.30. The first-order valence-electron chi connectivity index (χ1n) is 8.27. The average Bonchev–Trinajstić information content (AvgIpc) is 3.23. The van der Waals surface area contributed by atoms with E-state index in [9.17, 15) is 9.59 Å². The number of carbonyl (C=O) groups excluding carboxylic acids is 1. The first kappa shape index (κ1) is 18.2. The number of benzene rings is 1. The molecule has 0 unspecified atom stereocenters. The smallest absolute Gasteiger partial charge is 0.266 e. The molecule has 1 N–H and O–H groups in total. The number of hydrogen-bond acceptors (Lipinski definition) is 6. The van der Waals surface area contributed by atoms with E-state index in [0.29, 0.717) is 17.3 Å². The van der Waals surface area contributed by atoms with Gasteiger partial charge in [-0.2, -0.15) is 5.10 Å². The second-order valence-electron chi connectivity index (χ2n) is 5.52. The number of rotatable bonds is 8. The summed E-state index contributed by atoms with van der Waals surface area (Å²) in [4.78, 5) is 23.8. The number of aromatic nitrogens is 4. The van der Waals surface area contributed by atoms with Crippen LogP contribution in [0.4, 0.5) is 0 Å². The Morgan fingerprint density at radius 3 is 2.63 bits per heavy atom. The van der Waals surface area contributed by atoms with E-state index < -0.39 is 0 Å². The first-order valence-corrected chi connectivity index (χ1v) is 8.27. The molecular weight excluding hydrogens is 350 g/mol. The Bertz CT molecular complexity index is 935. The molecule has 1 amide bonds. The predicted octanol–water partition coefficient (Wildman–Crippen LogP) is 0.633. The van der Waals surface area contributed by atoms with Crippen LogP contribution < -0.4 is 20.3 Å². The maximum Gasteiger partial charge on any atom is 0.266 e. The van der Waals surface area contributed by atoms with Crippen molar-refractivity contribution < 1.29 is 14.3 Å². The van der Waals surface area contributed by atoms with Crippen molar-refractivity contribution in [2.45, 2.75) is 6.54 Å². The molecule has 3 aromatic rings. The normalized spacial score (nSPS) is 10.4. The number of amides is 1. The maximum atomic E-state index is 11.9. The molecule has 0 saturated heterocycles. The summed E-state index contributed by atoms with van der Waals surface area (Å²) < 4.78 is 13.3. The number of nitrogens with zero attached hydrogens (tertiary/aromatic N) is 4. The molecule has 2 aromatic heterocycles. The van der Waals surface area contributed by atoms with Crippen molar-refractivity contribution in [2.75, 3.05) is 20.3 Å². The van der Waals surface area contributed by atoms with Crippen LogP contribution in [-0.2, 0) is 11.3 Å². The van der Waals surface area contributed by atoms with Gasteiger partial charge in [-0.1, -0.05) is 0 Å². The molecule has 9 nitrogen and oxygen atoms in total. The summed E-state index contributed by atoms with van der Waals surface area (Å²) in [6.45, 7) is 0.366. The van der Waals surface area contributed by atoms with Crippen LogP contribution in [-0.4, -0.2) is 45.7 Å². The summed E-state index contributed by atoms with van der Waals surface area (Å²) in [6.07, 6.45) is 3.36. The quantitative estimate of drug-likeness (QED) is 0.625. The highest BCUT2D eigenvalue weighted by Gasteiger charge is 2.06. The largest absolute Gasteiger partial charge is 0.497 e. The second-order valence-corrected chi connectivity index (χ2v) is 5.52. The summed E-state index contributed by atoms with van der Waals surface area (Å²) in [5.41, 5.74) is -0.255. The lowest BCUT2D eigenvalue weighted by Crippen LogP contribution is -2.34. The molecule has 140 valence electrons. The molecule has 0 aliphatic carbocycles. The van der Waals surface area contributed by atoms with Gasteiger partial charge in [0.2, 0.25) is 0 Å². The van der Waals surface area contributed by atoms with Gasteiger partial charge in [-0.25, -0.2) is 9.36 Å². The van der Waals surface area contributed by atoms with E-state index >= 15 is 0 Å². The summed E-state index contributed by atoms with van der Waals surface area (Å²) in [5, 5.41) is 11.0. The third-order valence-electron chi connectivity index (χ3n) is 3.67. The molecular formula is C18H19N5O4. The van der Waals surface area contributed by atoms with Gasteiger partial charge in [-0.3, -0.25) is 9.59 Å². The van der Waals surface area contributed by atoms with Crippen LogP contribution in [0.25, 0.3) is 5.82 Å². The van der Waals surface area contributed by atoms with E-state index in [1.165, 1.54) is 10.7 Å². The second kappa shape index (κ2) is 8.65. The fraction of sp³-hybridized carbons (Fsp3) is 0.222. The highest BCUT2D eigenvalue weighted by molar-refractivity contribution is 5.77. The Morgan fingerprint density at radius 1 is 1.15 bits per heavy atom. The van der Waals surface area contributed by atoms with Gasteiger partial charge < -0.3 is 14.8 Å². The zero-order valence-corrected chi connectivity index (χ0v) is 14.7. The van der Waals surface area contributed by atoms with Crippen molar-refractivity contribution in [2.24, 2.45) is 0 Å². The molecule has 0 aliphatic rings. The number of carbonyl (C=O) groups is 1. The summed E-state index contributed by atoms with van der Waals surface area (Å²) in [7, 11) is 1.58. The zero-order valence-electron chi connectivity index (χ0n) is 14.7. The Labute approximate surface area is 155 Å². The van der Waals surface area contributed by atoms with Gasteiger partial charge in [0, 0.05) is 25.0 Å². The van der Waals surface area contributed by atoms with E-state index in [4.69, 9.17) is 9.47 Å². The minimum absolute atomic E-state index is 0.123. The van der Waals surface area contributed by atoms with Crippen molar-refractivity contribution in [3.63, 3.8) is 0 Å². The molecule has 3 rings (SSSR count). The van der Waals surface area contributed by atoms with Gasteiger partial charge in [0.15, 0.2) is 12.4 Å². The highest BCUT2D eigenvalue weighted by Crippen LogP contribution is 2.16. The topological polar surface area (TPSA) is 100 Å². The Kier molecular flexibility index (Phi) is 5.83. The molecule has 0 bridgehead atoms. The molecule has 2 heterocycles. The molecule has 0 radical (unpaired) electrons. The van der Waals surface area contributed by atoms with Crippen LogP contribution in [0.2, 0.25) is 0 Å². The van der Waals surface area contributed by atoms with Crippen molar-refractivity contribution in [3.8, 4) is 17.3 Å². The number of ether oxygens (including phenoxy) is 2. The highest BCUT2D eigenvalue weighted by atomic mass is 16.5. The fourth-order valence-electron chi connectivity index (χ4n) is 2.30. The van der Waals surface area contributed by atoms with Crippen molar-refractivity contribution >= 4 is 5.91 Å². The molecule has 9 heteroatoms. The maximum absolute atomic E-state index is 11.9. The van der Waals surface area contributed by atoms with Gasteiger partial charge in [-0.15, -0.1) is 5.10 Å². The van der Waals surface area contributed by atoms with Gasteiger partial charge in [-0.05, 0) is 36.4 Å².